The highest BCUT2D eigenvalue weighted by atomic mass is 32.1. The van der Waals surface area contributed by atoms with Crippen LogP contribution in [0.25, 0.3) is 21.6 Å². The van der Waals surface area contributed by atoms with Crippen molar-refractivity contribution < 1.29 is 9.53 Å². The third kappa shape index (κ3) is 5.02. The van der Waals surface area contributed by atoms with Gasteiger partial charge in [-0.2, -0.15) is 5.10 Å². The van der Waals surface area contributed by atoms with Crippen LogP contribution < -0.4 is 10.2 Å². The number of morpholine rings is 1. The van der Waals surface area contributed by atoms with Gasteiger partial charge in [-0.3, -0.25) is 9.69 Å². The molecule has 0 saturated carbocycles. The van der Waals surface area contributed by atoms with Crippen molar-refractivity contribution in [3.8, 4) is 10.6 Å². The van der Waals surface area contributed by atoms with Crippen LogP contribution in [0, 0.1) is 0 Å². The summed E-state index contributed by atoms with van der Waals surface area (Å²) in [5.74, 6) is 0.880. The fraction of sp³-hybridized carbons (Fsp3) is 0.565. The van der Waals surface area contributed by atoms with E-state index in [9.17, 15) is 4.79 Å². The molecule has 2 aliphatic heterocycles. The zero-order valence-electron chi connectivity index (χ0n) is 19.1. The molecule has 9 nitrogen and oxygen atoms in total. The molecule has 176 valence electrons. The van der Waals surface area contributed by atoms with Gasteiger partial charge in [-0.15, -0.1) is 11.3 Å². The van der Waals surface area contributed by atoms with Crippen LogP contribution in [-0.2, 0) is 11.8 Å². The van der Waals surface area contributed by atoms with Crippen LogP contribution in [0.1, 0.15) is 35.5 Å². The first-order valence-electron chi connectivity index (χ1n) is 11.8. The summed E-state index contributed by atoms with van der Waals surface area (Å²) in [6.07, 6.45) is 6.77. The SMILES string of the molecule is Cn1nc(-c2cnc(C(=O)NCCN3CCOCC3)s2)c2ccc(N3CCCCCC3)nc21. The monoisotopic (exact) mass is 469 g/mol. The van der Waals surface area contributed by atoms with E-state index in [2.05, 4.69) is 32.2 Å². The van der Waals surface area contributed by atoms with Crippen molar-refractivity contribution in [3.05, 3.63) is 23.3 Å². The number of nitrogens with zero attached hydrogens (tertiary/aromatic N) is 6. The molecule has 0 atom stereocenters. The zero-order valence-corrected chi connectivity index (χ0v) is 19.9. The Labute approximate surface area is 197 Å². The van der Waals surface area contributed by atoms with Crippen LogP contribution in [0.5, 0.6) is 0 Å². The van der Waals surface area contributed by atoms with E-state index in [4.69, 9.17) is 14.8 Å². The van der Waals surface area contributed by atoms with Gasteiger partial charge >= 0.3 is 0 Å². The Bertz CT molecular complexity index is 1100. The van der Waals surface area contributed by atoms with Gasteiger partial charge in [0.1, 0.15) is 11.5 Å². The molecule has 33 heavy (non-hydrogen) atoms. The fourth-order valence-electron chi connectivity index (χ4n) is 4.50. The molecular formula is C23H31N7O2S. The van der Waals surface area contributed by atoms with Crippen LogP contribution in [0.4, 0.5) is 5.82 Å². The number of pyridine rings is 1. The Morgan fingerprint density at radius 2 is 1.91 bits per heavy atom. The minimum Gasteiger partial charge on any atom is -0.379 e. The fourth-order valence-corrected chi connectivity index (χ4v) is 5.33. The summed E-state index contributed by atoms with van der Waals surface area (Å²) in [7, 11) is 1.92. The van der Waals surface area contributed by atoms with E-state index in [1.807, 2.05) is 11.7 Å². The molecular weight excluding hydrogens is 438 g/mol. The van der Waals surface area contributed by atoms with Crippen molar-refractivity contribution in [2.75, 3.05) is 57.4 Å². The first-order chi connectivity index (χ1) is 16.2. The summed E-state index contributed by atoms with van der Waals surface area (Å²) in [5, 5.41) is 9.15. The van der Waals surface area contributed by atoms with Crippen LogP contribution >= 0.6 is 11.3 Å². The minimum absolute atomic E-state index is 0.138. The number of hydrogen-bond donors (Lipinski definition) is 1. The Morgan fingerprint density at radius 3 is 2.70 bits per heavy atom. The van der Waals surface area contributed by atoms with Crippen LogP contribution in [0.15, 0.2) is 18.3 Å². The highest BCUT2D eigenvalue weighted by Crippen LogP contribution is 2.32. The van der Waals surface area contributed by atoms with E-state index in [0.717, 1.165) is 73.4 Å². The Hall–Kier alpha value is -2.56. The molecule has 3 aromatic rings. The quantitative estimate of drug-likeness (QED) is 0.593. The van der Waals surface area contributed by atoms with E-state index in [1.54, 1.807) is 6.20 Å². The molecule has 10 heteroatoms. The predicted octanol–water partition coefficient (Wildman–Crippen LogP) is 2.53. The Kier molecular flexibility index (Phi) is 6.84. The standard InChI is InChI=1S/C23H31N7O2S/c1-28-21-17(6-7-19(26-21)30-9-4-2-3-5-10-30)20(27-28)18-16-25-23(33-18)22(31)24-8-11-29-12-14-32-15-13-29/h6-7,16H,2-5,8-15H2,1H3,(H,24,31). The van der Waals surface area contributed by atoms with Crippen molar-refractivity contribution in [1.29, 1.82) is 0 Å². The lowest BCUT2D eigenvalue weighted by Crippen LogP contribution is -2.41. The van der Waals surface area contributed by atoms with E-state index in [1.165, 1.54) is 37.0 Å². The second kappa shape index (κ2) is 10.1. The number of anilines is 1. The summed E-state index contributed by atoms with van der Waals surface area (Å²) < 4.78 is 7.19. The van der Waals surface area contributed by atoms with Gasteiger partial charge in [0, 0.05) is 57.9 Å². The van der Waals surface area contributed by atoms with E-state index in [-0.39, 0.29) is 5.91 Å². The number of carbonyl (C=O) groups is 1. The second-order valence-corrected chi connectivity index (χ2v) is 9.68. The lowest BCUT2D eigenvalue weighted by molar-refractivity contribution is 0.0383. The maximum atomic E-state index is 12.6. The van der Waals surface area contributed by atoms with Crippen molar-refractivity contribution in [2.45, 2.75) is 25.7 Å². The van der Waals surface area contributed by atoms with Crippen LogP contribution in [0.2, 0.25) is 0 Å². The Morgan fingerprint density at radius 1 is 1.12 bits per heavy atom. The molecule has 2 fully saturated rings. The molecule has 2 saturated heterocycles. The van der Waals surface area contributed by atoms with Crippen molar-refractivity contribution in [3.63, 3.8) is 0 Å². The number of thiazole rings is 1. The van der Waals surface area contributed by atoms with Gasteiger partial charge in [-0.05, 0) is 25.0 Å². The predicted molar refractivity (Wildman–Crippen MR) is 130 cm³/mol. The lowest BCUT2D eigenvalue weighted by Gasteiger charge is -2.26. The normalized spacial score (nSPS) is 17.9. The van der Waals surface area contributed by atoms with Gasteiger partial charge in [0.05, 0.1) is 18.1 Å². The smallest absolute Gasteiger partial charge is 0.280 e. The van der Waals surface area contributed by atoms with Crippen molar-refractivity contribution in [1.82, 2.24) is 30.0 Å². The maximum Gasteiger partial charge on any atom is 0.280 e. The summed E-state index contributed by atoms with van der Waals surface area (Å²) in [4.78, 5) is 27.5. The highest BCUT2D eigenvalue weighted by Gasteiger charge is 2.19. The summed E-state index contributed by atoms with van der Waals surface area (Å²) in [5.41, 5.74) is 1.68. The van der Waals surface area contributed by atoms with E-state index >= 15 is 0 Å². The van der Waals surface area contributed by atoms with Crippen molar-refractivity contribution >= 4 is 34.1 Å². The topological polar surface area (TPSA) is 88.4 Å². The maximum absolute atomic E-state index is 12.6. The average molecular weight is 470 g/mol. The first kappa shape index (κ1) is 22.2. The van der Waals surface area contributed by atoms with Gasteiger partial charge in [0.15, 0.2) is 10.7 Å². The minimum atomic E-state index is -0.138. The first-order valence-corrected chi connectivity index (χ1v) is 12.6. The molecule has 0 unspecified atom stereocenters. The number of carbonyl (C=O) groups excluding carboxylic acids is 1. The molecule has 3 aromatic heterocycles. The number of nitrogens with one attached hydrogen (secondary N) is 1. The molecule has 0 aliphatic carbocycles. The largest absolute Gasteiger partial charge is 0.379 e. The zero-order chi connectivity index (χ0) is 22.6. The molecule has 0 spiro atoms. The number of fused-ring (bicyclic) bond motifs is 1. The van der Waals surface area contributed by atoms with Gasteiger partial charge in [0.25, 0.3) is 5.91 Å². The van der Waals surface area contributed by atoms with Gasteiger partial charge < -0.3 is 15.0 Å². The van der Waals surface area contributed by atoms with Gasteiger partial charge in [-0.1, -0.05) is 12.8 Å². The number of aromatic nitrogens is 4. The van der Waals surface area contributed by atoms with Gasteiger partial charge in [0.2, 0.25) is 0 Å². The van der Waals surface area contributed by atoms with E-state index < -0.39 is 0 Å². The summed E-state index contributed by atoms with van der Waals surface area (Å²) in [6, 6.07) is 4.20. The summed E-state index contributed by atoms with van der Waals surface area (Å²) >= 11 is 1.37. The second-order valence-electron chi connectivity index (χ2n) is 8.65. The Balaban J connectivity index is 1.28. The number of rotatable bonds is 6. The number of ether oxygens (including phenoxy) is 1. The van der Waals surface area contributed by atoms with Gasteiger partial charge in [-0.25, -0.2) is 14.6 Å². The van der Waals surface area contributed by atoms with Crippen molar-refractivity contribution in [2.24, 2.45) is 7.05 Å². The third-order valence-electron chi connectivity index (χ3n) is 6.35. The molecule has 0 aromatic carbocycles. The van der Waals surface area contributed by atoms with E-state index in [0.29, 0.717) is 11.6 Å². The lowest BCUT2D eigenvalue weighted by atomic mass is 10.2. The number of hydrogen-bond acceptors (Lipinski definition) is 8. The average Bonchev–Trinajstić information content (AvgIpc) is 3.35. The highest BCUT2D eigenvalue weighted by molar-refractivity contribution is 7.17. The molecule has 0 bridgehead atoms. The van der Waals surface area contributed by atoms with Crippen LogP contribution in [0.3, 0.4) is 0 Å². The number of aryl methyl sites for hydroxylation is 1. The third-order valence-corrected chi connectivity index (χ3v) is 7.36. The number of amides is 1. The molecule has 2 aliphatic rings. The summed E-state index contributed by atoms with van der Waals surface area (Å²) in [6.45, 7) is 6.89. The molecule has 1 N–H and O–H groups in total. The van der Waals surface area contributed by atoms with Crippen LogP contribution in [-0.4, -0.2) is 83.0 Å². The molecule has 5 heterocycles. The molecule has 1 amide bonds. The molecule has 0 radical (unpaired) electrons. The molecule has 5 rings (SSSR count).